The third-order valence-electron chi connectivity index (χ3n) is 8.10. The summed E-state index contributed by atoms with van der Waals surface area (Å²) in [6.07, 6.45) is 9.27. The second-order valence-electron chi connectivity index (χ2n) is 10.2. The van der Waals surface area contributed by atoms with Crippen molar-refractivity contribution in [3.05, 3.63) is 26.7 Å². The third-order valence-corrected chi connectivity index (χ3v) is 8.10. The summed E-state index contributed by atoms with van der Waals surface area (Å²) in [6, 6.07) is 2.05. The Kier molecular flexibility index (Phi) is 6.96. The summed E-state index contributed by atoms with van der Waals surface area (Å²) in [5.74, 6) is 0.877. The van der Waals surface area contributed by atoms with E-state index in [-0.39, 0.29) is 28.0 Å². The molecule has 184 valence electrons. The molecule has 3 fully saturated rings. The van der Waals surface area contributed by atoms with E-state index in [2.05, 4.69) is 10.3 Å². The number of imidazole rings is 1. The summed E-state index contributed by atoms with van der Waals surface area (Å²) >= 11 is 0. The van der Waals surface area contributed by atoms with Crippen molar-refractivity contribution in [1.29, 1.82) is 5.26 Å². The normalized spacial score (nSPS) is 23.8. The number of aryl methyl sites for hydroxylation is 1. The van der Waals surface area contributed by atoms with E-state index in [9.17, 15) is 14.4 Å². The number of fused-ring (bicyclic) bond motifs is 4. The number of nitrogens with one attached hydrogen (secondary N) is 2. The van der Waals surface area contributed by atoms with Crippen LogP contribution in [0.2, 0.25) is 0 Å². The Balaban J connectivity index is 1.55. The molecule has 2 bridgehead atoms. The van der Waals surface area contributed by atoms with Gasteiger partial charge in [0, 0.05) is 31.5 Å². The molecule has 0 atom stereocenters. The Morgan fingerprint density at radius 2 is 1.74 bits per heavy atom. The van der Waals surface area contributed by atoms with E-state index in [0.717, 1.165) is 63.6 Å². The fraction of sp³-hybridized carbons (Fsp3) is 0.720. The van der Waals surface area contributed by atoms with Gasteiger partial charge in [-0.15, -0.1) is 0 Å². The number of rotatable bonds is 10. The Hall–Kier alpha value is -2.89. The number of hydrogen-bond donors (Lipinski definition) is 2. The van der Waals surface area contributed by atoms with Crippen molar-refractivity contribution in [1.82, 2.24) is 24.4 Å². The average Bonchev–Trinajstić information content (AvgIpc) is 3.31. The SMILES string of the molecule is CCCn1c(=O)c2[nH]c(C34CCC(CCC(=O)NCCC#N)(CC3)CC4)nc2n(CCC)c1=O. The molecule has 5 rings (SSSR count). The standard InChI is InChI=1S/C25H36N6O3/c1-3-16-30-20-19(21(33)31(17-4-2)23(30)34)28-22(29-20)25-11-8-24(9-12-25,10-13-25)7-6-18(32)27-15-5-14-26/h3-13,15-17H2,1-2H3,(H,27,32)(H,28,29). The van der Waals surface area contributed by atoms with Crippen LogP contribution < -0.4 is 16.6 Å². The van der Waals surface area contributed by atoms with Crippen LogP contribution in [0.25, 0.3) is 11.2 Å². The Labute approximate surface area is 199 Å². The molecule has 34 heavy (non-hydrogen) atoms. The number of nitrogens with zero attached hydrogens (tertiary/aromatic N) is 4. The molecule has 0 aromatic carbocycles. The summed E-state index contributed by atoms with van der Waals surface area (Å²) < 4.78 is 3.00. The third kappa shape index (κ3) is 4.30. The van der Waals surface area contributed by atoms with E-state index in [1.807, 2.05) is 19.9 Å². The number of carbonyl (C=O) groups is 1. The largest absolute Gasteiger partial charge is 0.355 e. The number of hydrogen-bond acceptors (Lipinski definition) is 5. The predicted octanol–water partition coefficient (Wildman–Crippen LogP) is 3.11. The fourth-order valence-corrected chi connectivity index (χ4v) is 5.98. The monoisotopic (exact) mass is 468 g/mol. The topological polar surface area (TPSA) is 126 Å². The van der Waals surface area contributed by atoms with Gasteiger partial charge in [0.25, 0.3) is 5.56 Å². The molecule has 1 amide bonds. The van der Waals surface area contributed by atoms with Gasteiger partial charge in [0.15, 0.2) is 5.65 Å². The van der Waals surface area contributed by atoms with Gasteiger partial charge in [0.05, 0.1) is 12.5 Å². The molecular weight excluding hydrogens is 432 g/mol. The zero-order chi connectivity index (χ0) is 24.3. The first kappa shape index (κ1) is 24.2. The summed E-state index contributed by atoms with van der Waals surface area (Å²) in [5, 5.41) is 11.5. The van der Waals surface area contributed by atoms with Gasteiger partial charge in [-0.2, -0.15) is 5.26 Å². The minimum absolute atomic E-state index is 0.0292. The molecule has 9 heteroatoms. The van der Waals surface area contributed by atoms with Crippen molar-refractivity contribution < 1.29 is 4.79 Å². The molecular formula is C25H36N6O3. The number of nitriles is 1. The van der Waals surface area contributed by atoms with Crippen LogP contribution >= 0.6 is 0 Å². The van der Waals surface area contributed by atoms with Crippen molar-refractivity contribution in [3.63, 3.8) is 0 Å². The lowest BCUT2D eigenvalue weighted by atomic mass is 9.52. The van der Waals surface area contributed by atoms with Crippen LogP contribution in [0.15, 0.2) is 9.59 Å². The number of amides is 1. The molecule has 3 aliphatic rings. The Morgan fingerprint density at radius 3 is 2.35 bits per heavy atom. The molecule has 2 N–H and O–H groups in total. The minimum Gasteiger partial charge on any atom is -0.355 e. The quantitative estimate of drug-likeness (QED) is 0.518. The van der Waals surface area contributed by atoms with Gasteiger partial charge in [-0.25, -0.2) is 9.78 Å². The maximum Gasteiger partial charge on any atom is 0.332 e. The van der Waals surface area contributed by atoms with Crippen LogP contribution in [0.1, 0.15) is 90.3 Å². The highest BCUT2D eigenvalue weighted by Gasteiger charge is 2.50. The smallest absolute Gasteiger partial charge is 0.332 e. The van der Waals surface area contributed by atoms with Crippen molar-refractivity contribution >= 4 is 17.1 Å². The maximum atomic E-state index is 13.1. The Bertz CT molecular complexity index is 1190. The highest BCUT2D eigenvalue weighted by Crippen LogP contribution is 2.59. The summed E-state index contributed by atoms with van der Waals surface area (Å²) in [6.45, 7) is 5.34. The van der Waals surface area contributed by atoms with Crippen LogP contribution in [-0.2, 0) is 23.3 Å². The fourth-order valence-electron chi connectivity index (χ4n) is 5.98. The average molecular weight is 469 g/mol. The van der Waals surface area contributed by atoms with Gasteiger partial charge >= 0.3 is 5.69 Å². The van der Waals surface area contributed by atoms with Crippen LogP contribution in [-0.4, -0.2) is 31.6 Å². The van der Waals surface area contributed by atoms with Crippen molar-refractivity contribution in [3.8, 4) is 6.07 Å². The molecule has 0 spiro atoms. The second kappa shape index (κ2) is 9.77. The highest BCUT2D eigenvalue weighted by molar-refractivity contribution is 5.75. The zero-order valence-electron chi connectivity index (χ0n) is 20.4. The van der Waals surface area contributed by atoms with Crippen LogP contribution in [0.5, 0.6) is 0 Å². The van der Waals surface area contributed by atoms with E-state index < -0.39 is 0 Å². The number of H-pyrrole nitrogens is 1. The predicted molar refractivity (Wildman–Crippen MR) is 129 cm³/mol. The molecule has 0 saturated heterocycles. The van der Waals surface area contributed by atoms with E-state index in [1.165, 1.54) is 4.57 Å². The van der Waals surface area contributed by atoms with Crippen molar-refractivity contribution in [2.45, 2.75) is 103 Å². The lowest BCUT2D eigenvalue weighted by molar-refractivity contribution is -0.122. The minimum atomic E-state index is -0.271. The van der Waals surface area contributed by atoms with Gasteiger partial charge in [-0.05, 0) is 63.2 Å². The van der Waals surface area contributed by atoms with E-state index in [4.69, 9.17) is 10.2 Å². The number of carbonyl (C=O) groups excluding carboxylic acids is 1. The van der Waals surface area contributed by atoms with Crippen LogP contribution in [0.4, 0.5) is 0 Å². The molecule has 2 aromatic rings. The van der Waals surface area contributed by atoms with E-state index in [1.54, 1.807) is 4.57 Å². The number of aromatic nitrogens is 4. The lowest BCUT2D eigenvalue weighted by Gasteiger charge is -2.52. The molecule has 3 aliphatic carbocycles. The van der Waals surface area contributed by atoms with Crippen molar-refractivity contribution in [2.75, 3.05) is 6.54 Å². The first-order valence-corrected chi connectivity index (χ1v) is 12.8. The molecule has 0 aliphatic heterocycles. The molecule has 3 saturated carbocycles. The van der Waals surface area contributed by atoms with Gasteiger partial charge < -0.3 is 10.3 Å². The highest BCUT2D eigenvalue weighted by atomic mass is 16.2. The van der Waals surface area contributed by atoms with Crippen LogP contribution in [0.3, 0.4) is 0 Å². The molecule has 9 nitrogen and oxygen atoms in total. The van der Waals surface area contributed by atoms with Crippen LogP contribution in [0, 0.1) is 16.7 Å². The van der Waals surface area contributed by atoms with Gasteiger partial charge in [-0.3, -0.25) is 18.7 Å². The summed E-state index contributed by atoms with van der Waals surface area (Å²) in [7, 11) is 0. The summed E-state index contributed by atoms with van der Waals surface area (Å²) in [5.41, 5.74) is 0.500. The van der Waals surface area contributed by atoms with E-state index in [0.29, 0.717) is 43.6 Å². The molecule has 2 aromatic heterocycles. The van der Waals surface area contributed by atoms with Gasteiger partial charge in [0.2, 0.25) is 5.91 Å². The first-order chi connectivity index (χ1) is 16.4. The van der Waals surface area contributed by atoms with E-state index >= 15 is 0 Å². The zero-order valence-corrected chi connectivity index (χ0v) is 20.4. The maximum absolute atomic E-state index is 13.1. The summed E-state index contributed by atoms with van der Waals surface area (Å²) in [4.78, 5) is 46.5. The Morgan fingerprint density at radius 1 is 1.09 bits per heavy atom. The molecule has 0 unspecified atom stereocenters. The number of aromatic amines is 1. The van der Waals surface area contributed by atoms with Gasteiger partial charge in [0.1, 0.15) is 11.3 Å². The lowest BCUT2D eigenvalue weighted by Crippen LogP contribution is -2.45. The van der Waals surface area contributed by atoms with Gasteiger partial charge in [-0.1, -0.05) is 13.8 Å². The molecule has 0 radical (unpaired) electrons. The van der Waals surface area contributed by atoms with Crippen molar-refractivity contribution in [2.24, 2.45) is 5.41 Å². The first-order valence-electron chi connectivity index (χ1n) is 12.8. The molecule has 2 heterocycles. The second-order valence-corrected chi connectivity index (χ2v) is 10.2.